The van der Waals surface area contributed by atoms with Crippen LogP contribution in [0.25, 0.3) is 0 Å². The smallest absolute Gasteiger partial charge is 0.320 e. The Bertz CT molecular complexity index is 278. The first-order valence-corrected chi connectivity index (χ1v) is 7.97. The van der Waals surface area contributed by atoms with Gasteiger partial charge in [0.05, 0.1) is 0 Å². The van der Waals surface area contributed by atoms with Crippen molar-refractivity contribution in [2.75, 3.05) is 39.8 Å². The number of hydrogen-bond donors (Lipinski definition) is 2. The van der Waals surface area contributed by atoms with Gasteiger partial charge < -0.3 is 20.2 Å². The number of carboxylic acids is 1. The number of aliphatic carboxylic acids is 1. The molecule has 0 bridgehead atoms. The SMILES string of the molecule is CCCNC(CCN(C)C1CCN(CC)CC1)C(=O)O. The lowest BCUT2D eigenvalue weighted by atomic mass is 10.0. The van der Waals surface area contributed by atoms with Crippen LogP contribution in [0.15, 0.2) is 0 Å². The third kappa shape index (κ3) is 5.77. The Kier molecular flexibility index (Phi) is 8.11. The molecule has 1 rings (SSSR count). The Hall–Kier alpha value is -0.650. The van der Waals surface area contributed by atoms with Crippen LogP contribution >= 0.6 is 0 Å². The van der Waals surface area contributed by atoms with Crippen LogP contribution in [0.4, 0.5) is 0 Å². The third-order valence-electron chi connectivity index (χ3n) is 4.34. The molecule has 0 radical (unpaired) electrons. The minimum absolute atomic E-state index is 0.409. The predicted molar refractivity (Wildman–Crippen MR) is 82.1 cm³/mol. The van der Waals surface area contributed by atoms with Crippen molar-refractivity contribution in [2.24, 2.45) is 0 Å². The summed E-state index contributed by atoms with van der Waals surface area (Å²) in [6.07, 6.45) is 4.05. The fourth-order valence-electron chi connectivity index (χ4n) is 2.82. The van der Waals surface area contributed by atoms with Crippen LogP contribution in [0.2, 0.25) is 0 Å². The second kappa shape index (κ2) is 9.32. The van der Waals surface area contributed by atoms with Crippen LogP contribution in [0.5, 0.6) is 0 Å². The van der Waals surface area contributed by atoms with E-state index in [0.29, 0.717) is 12.5 Å². The van der Waals surface area contributed by atoms with Gasteiger partial charge >= 0.3 is 5.97 Å². The largest absolute Gasteiger partial charge is 0.480 e. The molecule has 0 aromatic rings. The highest BCUT2D eigenvalue weighted by molar-refractivity contribution is 5.73. The Morgan fingerprint density at radius 1 is 1.40 bits per heavy atom. The molecule has 20 heavy (non-hydrogen) atoms. The Morgan fingerprint density at radius 2 is 2.05 bits per heavy atom. The predicted octanol–water partition coefficient (Wildman–Crippen LogP) is 1.25. The number of carbonyl (C=O) groups is 1. The van der Waals surface area contributed by atoms with Gasteiger partial charge in [-0.05, 0) is 58.9 Å². The topological polar surface area (TPSA) is 55.8 Å². The molecule has 2 N–H and O–H groups in total. The fraction of sp³-hybridized carbons (Fsp3) is 0.933. The molecule has 0 aromatic carbocycles. The molecule has 5 heteroatoms. The maximum absolute atomic E-state index is 11.2. The van der Waals surface area contributed by atoms with Gasteiger partial charge in [0.15, 0.2) is 0 Å². The standard InChI is InChI=1S/C15H31N3O2/c1-4-9-16-14(15(19)20)8-10-17(3)13-6-11-18(5-2)12-7-13/h13-14,16H,4-12H2,1-3H3,(H,19,20). The van der Waals surface area contributed by atoms with Gasteiger partial charge in [0.25, 0.3) is 0 Å². The summed E-state index contributed by atoms with van der Waals surface area (Å²) in [4.78, 5) is 16.0. The van der Waals surface area contributed by atoms with Gasteiger partial charge in [-0.3, -0.25) is 4.79 Å². The zero-order valence-corrected chi connectivity index (χ0v) is 13.3. The van der Waals surface area contributed by atoms with Crippen molar-refractivity contribution in [3.05, 3.63) is 0 Å². The molecule has 1 atom stereocenters. The molecule has 0 amide bonds. The van der Waals surface area contributed by atoms with Crippen molar-refractivity contribution in [1.82, 2.24) is 15.1 Å². The van der Waals surface area contributed by atoms with Gasteiger partial charge in [0.2, 0.25) is 0 Å². The molecular weight excluding hydrogens is 254 g/mol. The summed E-state index contributed by atoms with van der Waals surface area (Å²) in [7, 11) is 2.13. The Labute approximate surface area is 123 Å². The highest BCUT2D eigenvalue weighted by atomic mass is 16.4. The van der Waals surface area contributed by atoms with Gasteiger partial charge in [-0.15, -0.1) is 0 Å². The molecule has 1 aliphatic rings. The zero-order chi connectivity index (χ0) is 15.0. The minimum Gasteiger partial charge on any atom is -0.480 e. The second-order valence-electron chi connectivity index (χ2n) is 5.78. The van der Waals surface area contributed by atoms with Crippen LogP contribution < -0.4 is 5.32 Å². The van der Waals surface area contributed by atoms with Gasteiger partial charge in [0.1, 0.15) is 6.04 Å². The van der Waals surface area contributed by atoms with Crippen molar-refractivity contribution in [3.8, 4) is 0 Å². The van der Waals surface area contributed by atoms with E-state index in [1.807, 2.05) is 0 Å². The molecule has 118 valence electrons. The highest BCUT2D eigenvalue weighted by Gasteiger charge is 2.23. The molecule has 1 fully saturated rings. The summed E-state index contributed by atoms with van der Waals surface area (Å²) < 4.78 is 0. The van der Waals surface area contributed by atoms with E-state index >= 15 is 0 Å². The highest BCUT2D eigenvalue weighted by Crippen LogP contribution is 2.15. The van der Waals surface area contributed by atoms with E-state index in [4.69, 9.17) is 0 Å². The maximum atomic E-state index is 11.2. The van der Waals surface area contributed by atoms with Gasteiger partial charge in [-0.25, -0.2) is 0 Å². The van der Waals surface area contributed by atoms with Gasteiger partial charge in [-0.2, -0.15) is 0 Å². The quantitative estimate of drug-likeness (QED) is 0.668. The van der Waals surface area contributed by atoms with Crippen LogP contribution in [0, 0.1) is 0 Å². The second-order valence-corrected chi connectivity index (χ2v) is 5.78. The van der Waals surface area contributed by atoms with Crippen molar-refractivity contribution in [2.45, 2.75) is 51.6 Å². The average Bonchev–Trinajstić information content (AvgIpc) is 2.46. The van der Waals surface area contributed by atoms with Crippen molar-refractivity contribution in [3.63, 3.8) is 0 Å². The molecule has 0 spiro atoms. The van der Waals surface area contributed by atoms with Crippen LogP contribution in [0.1, 0.15) is 39.5 Å². The van der Waals surface area contributed by atoms with Crippen molar-refractivity contribution in [1.29, 1.82) is 0 Å². The lowest BCUT2D eigenvalue weighted by Gasteiger charge is -2.36. The number of likely N-dealkylation sites (tertiary alicyclic amines) is 1. The minimum atomic E-state index is -0.729. The normalized spacial score (nSPS) is 19.4. The fourth-order valence-corrected chi connectivity index (χ4v) is 2.82. The van der Waals surface area contributed by atoms with Gasteiger partial charge in [-0.1, -0.05) is 13.8 Å². The number of nitrogens with zero attached hydrogens (tertiary/aromatic N) is 2. The van der Waals surface area contributed by atoms with E-state index in [1.165, 1.54) is 25.9 Å². The molecule has 1 saturated heterocycles. The van der Waals surface area contributed by atoms with Crippen LogP contribution in [-0.4, -0.2) is 72.7 Å². The number of piperidine rings is 1. The average molecular weight is 285 g/mol. The molecule has 1 unspecified atom stereocenters. The lowest BCUT2D eigenvalue weighted by Crippen LogP contribution is -2.45. The zero-order valence-electron chi connectivity index (χ0n) is 13.3. The Balaban J connectivity index is 2.30. The number of nitrogens with one attached hydrogen (secondary N) is 1. The summed E-state index contributed by atoms with van der Waals surface area (Å²) in [6, 6.07) is 0.201. The first-order chi connectivity index (χ1) is 9.58. The molecular formula is C15H31N3O2. The summed E-state index contributed by atoms with van der Waals surface area (Å²) in [5, 5.41) is 12.3. The van der Waals surface area contributed by atoms with Crippen molar-refractivity contribution < 1.29 is 9.90 Å². The van der Waals surface area contributed by atoms with E-state index in [2.05, 4.69) is 36.0 Å². The van der Waals surface area contributed by atoms with E-state index in [-0.39, 0.29) is 0 Å². The maximum Gasteiger partial charge on any atom is 0.320 e. The number of carboxylic acid groups (broad SMARTS) is 1. The number of hydrogen-bond acceptors (Lipinski definition) is 4. The molecule has 1 heterocycles. The summed E-state index contributed by atoms with van der Waals surface area (Å²) in [5.74, 6) is -0.729. The summed E-state index contributed by atoms with van der Waals surface area (Å²) in [5.41, 5.74) is 0. The molecule has 0 aliphatic carbocycles. The van der Waals surface area contributed by atoms with E-state index in [1.54, 1.807) is 0 Å². The first-order valence-electron chi connectivity index (χ1n) is 7.97. The molecule has 5 nitrogen and oxygen atoms in total. The molecule has 1 aliphatic heterocycles. The third-order valence-corrected chi connectivity index (χ3v) is 4.34. The summed E-state index contributed by atoms with van der Waals surface area (Å²) in [6.45, 7) is 9.36. The summed E-state index contributed by atoms with van der Waals surface area (Å²) >= 11 is 0. The lowest BCUT2D eigenvalue weighted by molar-refractivity contribution is -0.139. The van der Waals surface area contributed by atoms with Crippen LogP contribution in [-0.2, 0) is 4.79 Å². The van der Waals surface area contributed by atoms with E-state index in [0.717, 1.165) is 26.1 Å². The molecule has 0 saturated carbocycles. The van der Waals surface area contributed by atoms with E-state index < -0.39 is 12.0 Å². The first kappa shape index (κ1) is 17.4. The van der Waals surface area contributed by atoms with Crippen molar-refractivity contribution >= 4 is 5.97 Å². The van der Waals surface area contributed by atoms with Crippen LogP contribution in [0.3, 0.4) is 0 Å². The molecule has 0 aromatic heterocycles. The van der Waals surface area contributed by atoms with Gasteiger partial charge in [0, 0.05) is 12.6 Å². The monoisotopic (exact) mass is 285 g/mol. The Morgan fingerprint density at radius 3 is 2.55 bits per heavy atom. The van der Waals surface area contributed by atoms with E-state index in [9.17, 15) is 9.90 Å². The number of rotatable bonds is 9.